The molecule has 0 unspecified atom stereocenters. The van der Waals surface area contributed by atoms with Crippen LogP contribution in [0, 0.1) is 6.92 Å². The van der Waals surface area contributed by atoms with Crippen molar-refractivity contribution in [1.82, 2.24) is 10.0 Å². The van der Waals surface area contributed by atoms with Gasteiger partial charge in [0.25, 0.3) is 21.8 Å². The minimum absolute atomic E-state index is 0.0820. The summed E-state index contributed by atoms with van der Waals surface area (Å²) >= 11 is 0. The quantitative estimate of drug-likeness (QED) is 0.826. The first-order valence-corrected chi connectivity index (χ1v) is 9.34. The fraction of sp³-hybridized carbons (Fsp3) is 0.222. The molecule has 25 heavy (non-hydrogen) atoms. The van der Waals surface area contributed by atoms with E-state index in [1.807, 2.05) is 11.6 Å². The molecular weight excluding hydrogens is 340 g/mol. The van der Waals surface area contributed by atoms with Crippen LogP contribution in [0.25, 0.3) is 0 Å². The Labute approximate surface area is 147 Å². The number of nitrogens with one attached hydrogen (secondary N) is 2. The van der Waals surface area contributed by atoms with Crippen LogP contribution in [-0.4, -0.2) is 26.8 Å². The van der Waals surface area contributed by atoms with Gasteiger partial charge in [0.15, 0.2) is 0 Å². The smallest absolute Gasteiger partial charge is 0.265 e. The Kier molecular flexibility index (Phi) is 5.93. The summed E-state index contributed by atoms with van der Waals surface area (Å²) < 4.78 is 26.7. The Morgan fingerprint density at radius 3 is 2.20 bits per heavy atom. The van der Waals surface area contributed by atoms with Gasteiger partial charge in [-0.1, -0.05) is 25.1 Å². The predicted octanol–water partition coefficient (Wildman–Crippen LogP) is 2.25. The SMILES string of the molecule is CCCNC(=O)c1ccc(S(=O)(=O)NC(=O)c2ccccc2C)cc1. The summed E-state index contributed by atoms with van der Waals surface area (Å²) in [5.41, 5.74) is 1.33. The van der Waals surface area contributed by atoms with Crippen molar-refractivity contribution in [3.63, 3.8) is 0 Å². The third-order valence-corrected chi connectivity index (χ3v) is 4.93. The van der Waals surface area contributed by atoms with E-state index in [0.717, 1.165) is 6.42 Å². The van der Waals surface area contributed by atoms with Gasteiger partial charge >= 0.3 is 0 Å². The van der Waals surface area contributed by atoms with Gasteiger partial charge in [-0.25, -0.2) is 13.1 Å². The van der Waals surface area contributed by atoms with Crippen molar-refractivity contribution in [2.75, 3.05) is 6.54 Å². The molecule has 2 rings (SSSR count). The van der Waals surface area contributed by atoms with Crippen LogP contribution in [0.15, 0.2) is 53.4 Å². The highest BCUT2D eigenvalue weighted by molar-refractivity contribution is 7.90. The summed E-state index contributed by atoms with van der Waals surface area (Å²) in [4.78, 5) is 23.9. The van der Waals surface area contributed by atoms with Gasteiger partial charge in [0, 0.05) is 17.7 Å². The van der Waals surface area contributed by atoms with Crippen LogP contribution in [0.4, 0.5) is 0 Å². The molecule has 2 aromatic carbocycles. The fourth-order valence-corrected chi connectivity index (χ4v) is 3.16. The number of rotatable bonds is 6. The van der Waals surface area contributed by atoms with Crippen molar-refractivity contribution in [3.8, 4) is 0 Å². The molecular formula is C18H20N2O4S. The summed E-state index contributed by atoms with van der Waals surface area (Å²) in [6.07, 6.45) is 0.809. The summed E-state index contributed by atoms with van der Waals surface area (Å²) in [6.45, 7) is 4.21. The third kappa shape index (κ3) is 4.67. The molecule has 6 nitrogen and oxygen atoms in total. The number of sulfonamides is 1. The van der Waals surface area contributed by atoms with Gasteiger partial charge in [-0.3, -0.25) is 9.59 Å². The normalized spacial score (nSPS) is 11.0. The lowest BCUT2D eigenvalue weighted by Crippen LogP contribution is -2.31. The van der Waals surface area contributed by atoms with E-state index in [-0.39, 0.29) is 10.8 Å². The lowest BCUT2D eigenvalue weighted by atomic mass is 10.1. The van der Waals surface area contributed by atoms with Crippen molar-refractivity contribution in [1.29, 1.82) is 0 Å². The molecule has 0 aliphatic carbocycles. The number of carbonyl (C=O) groups excluding carboxylic acids is 2. The second-order valence-electron chi connectivity index (χ2n) is 5.53. The van der Waals surface area contributed by atoms with Crippen molar-refractivity contribution in [2.45, 2.75) is 25.2 Å². The van der Waals surface area contributed by atoms with E-state index in [4.69, 9.17) is 0 Å². The first-order chi connectivity index (χ1) is 11.8. The van der Waals surface area contributed by atoms with E-state index in [9.17, 15) is 18.0 Å². The number of hydrogen-bond donors (Lipinski definition) is 2. The molecule has 0 spiro atoms. The van der Waals surface area contributed by atoms with Gasteiger partial charge in [-0.05, 0) is 49.2 Å². The van der Waals surface area contributed by atoms with Gasteiger partial charge in [0.05, 0.1) is 4.90 Å². The molecule has 0 saturated heterocycles. The third-order valence-electron chi connectivity index (χ3n) is 3.58. The van der Waals surface area contributed by atoms with Crippen LogP contribution in [0.5, 0.6) is 0 Å². The van der Waals surface area contributed by atoms with E-state index < -0.39 is 15.9 Å². The lowest BCUT2D eigenvalue weighted by molar-refractivity contribution is 0.0951. The van der Waals surface area contributed by atoms with E-state index >= 15 is 0 Å². The zero-order valence-electron chi connectivity index (χ0n) is 14.1. The lowest BCUT2D eigenvalue weighted by Gasteiger charge is -2.09. The Balaban J connectivity index is 2.15. The van der Waals surface area contributed by atoms with Gasteiger partial charge in [-0.15, -0.1) is 0 Å². The van der Waals surface area contributed by atoms with Crippen molar-refractivity contribution >= 4 is 21.8 Å². The average Bonchev–Trinajstić information content (AvgIpc) is 2.59. The highest BCUT2D eigenvalue weighted by Gasteiger charge is 2.20. The molecule has 132 valence electrons. The molecule has 0 fully saturated rings. The molecule has 2 aromatic rings. The zero-order valence-corrected chi connectivity index (χ0v) is 14.9. The number of benzene rings is 2. The highest BCUT2D eigenvalue weighted by Crippen LogP contribution is 2.13. The molecule has 0 bridgehead atoms. The second-order valence-corrected chi connectivity index (χ2v) is 7.21. The Bertz CT molecular complexity index is 874. The number of aryl methyl sites for hydroxylation is 1. The zero-order chi connectivity index (χ0) is 18.4. The molecule has 0 aliphatic heterocycles. The van der Waals surface area contributed by atoms with E-state index in [0.29, 0.717) is 23.2 Å². The van der Waals surface area contributed by atoms with Gasteiger partial charge in [0.1, 0.15) is 0 Å². The van der Waals surface area contributed by atoms with Crippen LogP contribution >= 0.6 is 0 Å². The maximum atomic E-state index is 12.3. The Morgan fingerprint density at radius 2 is 1.60 bits per heavy atom. The van der Waals surface area contributed by atoms with Gasteiger partial charge < -0.3 is 5.32 Å². The van der Waals surface area contributed by atoms with Gasteiger partial charge in [-0.2, -0.15) is 0 Å². The van der Waals surface area contributed by atoms with E-state index in [1.165, 1.54) is 24.3 Å². The van der Waals surface area contributed by atoms with E-state index in [1.54, 1.807) is 31.2 Å². The first kappa shape index (κ1) is 18.7. The van der Waals surface area contributed by atoms with Crippen LogP contribution in [0.1, 0.15) is 39.6 Å². The van der Waals surface area contributed by atoms with Crippen molar-refractivity contribution in [3.05, 3.63) is 65.2 Å². The Hall–Kier alpha value is -2.67. The van der Waals surface area contributed by atoms with Crippen molar-refractivity contribution in [2.24, 2.45) is 0 Å². The predicted molar refractivity (Wildman–Crippen MR) is 94.9 cm³/mol. The summed E-state index contributed by atoms with van der Waals surface area (Å²) in [5.74, 6) is -0.961. The maximum Gasteiger partial charge on any atom is 0.265 e. The molecule has 2 N–H and O–H groups in total. The minimum Gasteiger partial charge on any atom is -0.352 e. The molecule has 0 saturated carbocycles. The van der Waals surface area contributed by atoms with Crippen LogP contribution < -0.4 is 10.0 Å². The Morgan fingerprint density at radius 1 is 0.960 bits per heavy atom. The molecule has 0 heterocycles. The second kappa shape index (κ2) is 7.94. The average molecular weight is 360 g/mol. The number of carbonyl (C=O) groups is 2. The number of hydrogen-bond acceptors (Lipinski definition) is 4. The molecule has 0 aromatic heterocycles. The summed E-state index contributed by atoms with van der Waals surface area (Å²) in [7, 11) is -4.02. The van der Waals surface area contributed by atoms with Crippen LogP contribution in [0.3, 0.4) is 0 Å². The van der Waals surface area contributed by atoms with Crippen LogP contribution in [-0.2, 0) is 10.0 Å². The highest BCUT2D eigenvalue weighted by atomic mass is 32.2. The maximum absolute atomic E-state index is 12.3. The largest absolute Gasteiger partial charge is 0.352 e. The summed E-state index contributed by atoms with van der Waals surface area (Å²) in [6, 6.07) is 12.1. The number of amides is 2. The molecule has 7 heteroatoms. The minimum atomic E-state index is -4.02. The molecule has 0 atom stereocenters. The molecule has 0 radical (unpaired) electrons. The van der Waals surface area contributed by atoms with Crippen molar-refractivity contribution < 1.29 is 18.0 Å². The molecule has 2 amide bonds. The standard InChI is InChI=1S/C18H20N2O4S/c1-3-12-19-17(21)14-8-10-15(11-9-14)25(23,24)20-18(22)16-7-5-4-6-13(16)2/h4-11H,3,12H2,1-2H3,(H,19,21)(H,20,22). The molecule has 0 aliphatic rings. The van der Waals surface area contributed by atoms with E-state index in [2.05, 4.69) is 5.32 Å². The first-order valence-electron chi connectivity index (χ1n) is 7.86. The topological polar surface area (TPSA) is 92.3 Å². The fourth-order valence-electron chi connectivity index (χ4n) is 2.19. The monoisotopic (exact) mass is 360 g/mol. The summed E-state index contributed by atoms with van der Waals surface area (Å²) in [5, 5.41) is 2.71. The van der Waals surface area contributed by atoms with Crippen LogP contribution in [0.2, 0.25) is 0 Å². The van der Waals surface area contributed by atoms with Gasteiger partial charge in [0.2, 0.25) is 0 Å².